The molecule has 4 heteroatoms. The molecule has 0 spiro atoms. The highest BCUT2D eigenvalue weighted by molar-refractivity contribution is 6.31. The summed E-state index contributed by atoms with van der Waals surface area (Å²) in [6.07, 6.45) is 3.98. The van der Waals surface area contributed by atoms with Crippen LogP contribution in [0.4, 0.5) is 4.39 Å². The summed E-state index contributed by atoms with van der Waals surface area (Å²) in [4.78, 5) is 3.90. The van der Waals surface area contributed by atoms with Gasteiger partial charge in [0.1, 0.15) is 11.6 Å². The van der Waals surface area contributed by atoms with E-state index in [1.807, 2.05) is 0 Å². The van der Waals surface area contributed by atoms with E-state index in [-0.39, 0.29) is 10.8 Å². The molecule has 0 aromatic heterocycles. The average molecular weight is 212 g/mol. The molecule has 0 atom stereocenters. The van der Waals surface area contributed by atoms with Crippen LogP contribution in [0.2, 0.25) is 5.02 Å². The van der Waals surface area contributed by atoms with Crippen LogP contribution in [-0.4, -0.2) is 11.3 Å². The zero-order valence-corrected chi connectivity index (χ0v) is 7.92. The van der Waals surface area contributed by atoms with Gasteiger partial charge in [0.2, 0.25) is 0 Å². The molecule has 0 aliphatic carbocycles. The normalized spacial score (nSPS) is 14.6. The van der Waals surface area contributed by atoms with E-state index < -0.39 is 5.82 Å². The topological polar surface area (TPSA) is 32.6 Å². The Kier molecular flexibility index (Phi) is 2.25. The fourth-order valence-corrected chi connectivity index (χ4v) is 1.48. The molecule has 14 heavy (non-hydrogen) atoms. The van der Waals surface area contributed by atoms with Crippen molar-refractivity contribution in [2.24, 2.45) is 4.99 Å². The van der Waals surface area contributed by atoms with E-state index in [2.05, 4.69) is 4.99 Å². The minimum atomic E-state index is -0.618. The second-order valence-electron chi connectivity index (χ2n) is 2.97. The number of rotatable bonds is 1. The van der Waals surface area contributed by atoms with Gasteiger partial charge in [0.05, 0.1) is 5.02 Å². The van der Waals surface area contributed by atoms with Crippen LogP contribution in [0.15, 0.2) is 23.3 Å². The van der Waals surface area contributed by atoms with Gasteiger partial charge < -0.3 is 5.11 Å². The highest BCUT2D eigenvalue weighted by Gasteiger charge is 2.12. The van der Waals surface area contributed by atoms with Gasteiger partial charge in [0.15, 0.2) is 0 Å². The Hall–Kier alpha value is -1.35. The Morgan fingerprint density at radius 1 is 1.43 bits per heavy atom. The number of aromatic hydroxyl groups is 1. The SMILES string of the molecule is Oc1cc(F)c(Cl)cc1C1=CN=CC1. The molecule has 1 aliphatic rings. The van der Waals surface area contributed by atoms with Gasteiger partial charge in [-0.1, -0.05) is 11.6 Å². The van der Waals surface area contributed by atoms with Crippen LogP contribution in [0.5, 0.6) is 5.75 Å². The minimum Gasteiger partial charge on any atom is -0.507 e. The Balaban J connectivity index is 2.48. The van der Waals surface area contributed by atoms with Crippen LogP contribution >= 0.6 is 11.6 Å². The van der Waals surface area contributed by atoms with Crippen LogP contribution in [-0.2, 0) is 0 Å². The summed E-state index contributed by atoms with van der Waals surface area (Å²) >= 11 is 5.61. The maximum atomic E-state index is 12.9. The van der Waals surface area contributed by atoms with Crippen molar-refractivity contribution in [2.45, 2.75) is 6.42 Å². The largest absolute Gasteiger partial charge is 0.507 e. The minimum absolute atomic E-state index is 0.00519. The van der Waals surface area contributed by atoms with E-state index in [4.69, 9.17) is 11.6 Å². The summed E-state index contributed by atoms with van der Waals surface area (Å²) in [7, 11) is 0. The van der Waals surface area contributed by atoms with E-state index >= 15 is 0 Å². The molecule has 0 unspecified atom stereocenters. The predicted molar refractivity (Wildman–Crippen MR) is 54.2 cm³/mol. The highest BCUT2D eigenvalue weighted by Crippen LogP contribution is 2.32. The van der Waals surface area contributed by atoms with Crippen LogP contribution < -0.4 is 0 Å². The average Bonchev–Trinajstić information content (AvgIpc) is 2.64. The Labute approximate surface area is 85.4 Å². The lowest BCUT2D eigenvalue weighted by Gasteiger charge is -2.05. The molecule has 2 rings (SSSR count). The number of phenolic OH excluding ortho intramolecular Hbond substituents is 1. The van der Waals surface area contributed by atoms with Gasteiger partial charge in [0.25, 0.3) is 0 Å². The first-order valence-electron chi connectivity index (χ1n) is 4.07. The Morgan fingerprint density at radius 2 is 2.21 bits per heavy atom. The van der Waals surface area contributed by atoms with Gasteiger partial charge >= 0.3 is 0 Å². The van der Waals surface area contributed by atoms with Gasteiger partial charge in [-0.05, 0) is 11.6 Å². The number of benzene rings is 1. The van der Waals surface area contributed by atoms with Crippen molar-refractivity contribution in [3.63, 3.8) is 0 Å². The predicted octanol–water partition coefficient (Wildman–Crippen LogP) is 3.00. The lowest BCUT2D eigenvalue weighted by Crippen LogP contribution is -1.86. The molecule has 1 N–H and O–H groups in total. The van der Waals surface area contributed by atoms with Gasteiger partial charge in [-0.2, -0.15) is 0 Å². The number of halogens is 2. The van der Waals surface area contributed by atoms with E-state index in [0.29, 0.717) is 12.0 Å². The fourth-order valence-electron chi connectivity index (χ4n) is 1.32. The van der Waals surface area contributed by atoms with Crippen LogP contribution in [0, 0.1) is 5.82 Å². The second kappa shape index (κ2) is 3.42. The van der Waals surface area contributed by atoms with Gasteiger partial charge in [-0.3, -0.25) is 4.99 Å². The number of hydrogen-bond donors (Lipinski definition) is 1. The van der Waals surface area contributed by atoms with Gasteiger partial charge in [-0.15, -0.1) is 0 Å². The summed E-state index contributed by atoms with van der Waals surface area (Å²) in [6, 6.07) is 2.42. The third-order valence-electron chi connectivity index (χ3n) is 2.03. The first kappa shape index (κ1) is 9.21. The van der Waals surface area contributed by atoms with E-state index in [1.165, 1.54) is 6.07 Å². The molecule has 2 nitrogen and oxygen atoms in total. The summed E-state index contributed by atoms with van der Waals surface area (Å²) in [5.74, 6) is -0.726. The van der Waals surface area contributed by atoms with Crippen molar-refractivity contribution >= 4 is 23.4 Å². The molecule has 1 aliphatic heterocycles. The number of allylic oxidation sites excluding steroid dienone is 1. The molecule has 0 amide bonds. The highest BCUT2D eigenvalue weighted by atomic mass is 35.5. The van der Waals surface area contributed by atoms with Crippen molar-refractivity contribution < 1.29 is 9.50 Å². The third-order valence-corrected chi connectivity index (χ3v) is 2.32. The molecule has 1 heterocycles. The first-order valence-corrected chi connectivity index (χ1v) is 4.45. The zero-order chi connectivity index (χ0) is 10.1. The molecule has 0 saturated carbocycles. The molecule has 0 saturated heterocycles. The standard InChI is InChI=1S/C10H7ClFNO/c11-8-3-7(6-1-2-13-5-6)10(14)4-9(8)12/h2-5,14H,1H2. The Bertz CT molecular complexity index is 440. The maximum Gasteiger partial charge on any atom is 0.145 e. The quantitative estimate of drug-likeness (QED) is 0.761. The molecule has 1 aromatic carbocycles. The van der Waals surface area contributed by atoms with Crippen molar-refractivity contribution in [3.05, 3.63) is 34.7 Å². The van der Waals surface area contributed by atoms with Crippen molar-refractivity contribution in [1.82, 2.24) is 0 Å². The molecular weight excluding hydrogens is 205 g/mol. The van der Waals surface area contributed by atoms with Crippen molar-refractivity contribution in [2.75, 3.05) is 0 Å². The van der Waals surface area contributed by atoms with E-state index in [0.717, 1.165) is 11.6 Å². The second-order valence-corrected chi connectivity index (χ2v) is 3.38. The van der Waals surface area contributed by atoms with E-state index in [9.17, 15) is 9.50 Å². The van der Waals surface area contributed by atoms with E-state index in [1.54, 1.807) is 12.4 Å². The lowest BCUT2D eigenvalue weighted by molar-refractivity contribution is 0.467. The van der Waals surface area contributed by atoms with Crippen LogP contribution in [0.3, 0.4) is 0 Å². The van der Waals surface area contributed by atoms with Crippen molar-refractivity contribution in [3.8, 4) is 5.75 Å². The van der Waals surface area contributed by atoms with Crippen LogP contribution in [0.1, 0.15) is 12.0 Å². The molecule has 0 fully saturated rings. The molecule has 0 radical (unpaired) electrons. The van der Waals surface area contributed by atoms with Crippen molar-refractivity contribution in [1.29, 1.82) is 0 Å². The van der Waals surface area contributed by atoms with Crippen LogP contribution in [0.25, 0.3) is 5.57 Å². The monoisotopic (exact) mass is 211 g/mol. The summed E-state index contributed by atoms with van der Waals surface area (Å²) in [5.41, 5.74) is 1.37. The Morgan fingerprint density at radius 3 is 2.86 bits per heavy atom. The number of nitrogens with zero attached hydrogens (tertiary/aromatic N) is 1. The smallest absolute Gasteiger partial charge is 0.145 e. The third kappa shape index (κ3) is 1.51. The number of hydrogen-bond acceptors (Lipinski definition) is 2. The number of phenols is 1. The number of aliphatic imine (C=N–C) groups is 1. The molecule has 1 aromatic rings. The molecule has 0 bridgehead atoms. The lowest BCUT2D eigenvalue weighted by atomic mass is 10.0. The summed E-state index contributed by atoms with van der Waals surface area (Å²) in [6.45, 7) is 0. The molecular formula is C10H7ClFNO. The summed E-state index contributed by atoms with van der Waals surface area (Å²) < 4.78 is 12.9. The first-order chi connectivity index (χ1) is 6.68. The maximum absolute atomic E-state index is 12.9. The zero-order valence-electron chi connectivity index (χ0n) is 7.17. The fraction of sp³-hybridized carbons (Fsp3) is 0.100. The van der Waals surface area contributed by atoms with Gasteiger partial charge in [-0.25, -0.2) is 4.39 Å². The van der Waals surface area contributed by atoms with Gasteiger partial charge in [0, 0.05) is 30.5 Å². The molecule has 72 valence electrons. The summed E-state index contributed by atoms with van der Waals surface area (Å²) in [5, 5.41) is 9.49.